The first-order chi connectivity index (χ1) is 4.81. The highest BCUT2D eigenvalue weighted by Gasteiger charge is 1.87. The summed E-state index contributed by atoms with van der Waals surface area (Å²) in [5, 5.41) is 0. The van der Waals surface area contributed by atoms with Crippen LogP contribution in [0.1, 0.15) is 26.2 Å². The molecule has 0 atom stereocenters. The highest BCUT2D eigenvalue weighted by molar-refractivity contribution is 6.30. The minimum absolute atomic E-state index is 0.322. The topological polar surface area (TPSA) is 34.1 Å². The molecule has 0 spiro atoms. The monoisotopic (exact) mass is 140 g/mol. The Bertz CT molecular complexity index is 136. The Kier molecular flexibility index (Phi) is 5.63. The number of rotatable bonds is 5. The van der Waals surface area contributed by atoms with Gasteiger partial charge in [0.15, 0.2) is 6.29 Å². The van der Waals surface area contributed by atoms with Crippen molar-refractivity contribution in [2.24, 2.45) is 0 Å². The van der Waals surface area contributed by atoms with Gasteiger partial charge in [-0.1, -0.05) is 25.8 Å². The molecule has 0 bridgehead atoms. The molecular formula is C8H12O2. The minimum atomic E-state index is -0.448. The number of unbranched alkanes of at least 4 members (excludes halogenated alkanes) is 2. The molecule has 0 aliphatic carbocycles. The smallest absolute Gasteiger partial charge is 0.217 e. The van der Waals surface area contributed by atoms with E-state index in [0.29, 0.717) is 6.29 Å². The number of carbonyl (C=O) groups excluding carboxylic acids is 2. The van der Waals surface area contributed by atoms with Crippen LogP contribution in [0.3, 0.4) is 0 Å². The van der Waals surface area contributed by atoms with Crippen molar-refractivity contribution in [1.82, 2.24) is 0 Å². The maximum absolute atomic E-state index is 10.3. The fourth-order valence-electron chi connectivity index (χ4n) is 0.561. The van der Waals surface area contributed by atoms with Crippen LogP contribution >= 0.6 is 0 Å². The molecule has 0 rings (SSSR count). The predicted octanol–water partition coefficient (Wildman–Crippen LogP) is 1.50. The van der Waals surface area contributed by atoms with Gasteiger partial charge in [0.25, 0.3) is 0 Å². The van der Waals surface area contributed by atoms with Crippen LogP contribution in [-0.2, 0) is 9.59 Å². The van der Waals surface area contributed by atoms with E-state index < -0.39 is 5.78 Å². The molecule has 0 aliphatic rings. The number of hydrogen-bond acceptors (Lipinski definition) is 2. The molecule has 2 nitrogen and oxygen atoms in total. The van der Waals surface area contributed by atoms with E-state index in [-0.39, 0.29) is 0 Å². The first-order valence-electron chi connectivity index (χ1n) is 3.47. The molecule has 0 aromatic heterocycles. The van der Waals surface area contributed by atoms with Crippen molar-refractivity contribution < 1.29 is 9.59 Å². The lowest BCUT2D eigenvalue weighted by molar-refractivity contribution is -0.126. The number of carbonyl (C=O) groups is 2. The van der Waals surface area contributed by atoms with Crippen molar-refractivity contribution in [1.29, 1.82) is 0 Å². The van der Waals surface area contributed by atoms with Gasteiger partial charge in [-0.15, -0.1) is 0 Å². The van der Waals surface area contributed by atoms with E-state index in [4.69, 9.17) is 0 Å². The van der Waals surface area contributed by atoms with Crippen molar-refractivity contribution in [3.05, 3.63) is 12.2 Å². The van der Waals surface area contributed by atoms with Gasteiger partial charge < -0.3 is 0 Å². The van der Waals surface area contributed by atoms with Crippen molar-refractivity contribution in [3.63, 3.8) is 0 Å². The molecule has 0 saturated heterocycles. The lowest BCUT2D eigenvalue weighted by Gasteiger charge is -1.85. The Hall–Kier alpha value is -0.920. The van der Waals surface area contributed by atoms with Gasteiger partial charge in [-0.2, -0.15) is 0 Å². The SMILES string of the molecule is CCCCC=CC(=O)C=O. The van der Waals surface area contributed by atoms with E-state index in [9.17, 15) is 9.59 Å². The predicted molar refractivity (Wildman–Crippen MR) is 39.7 cm³/mol. The zero-order valence-electron chi connectivity index (χ0n) is 6.17. The summed E-state index contributed by atoms with van der Waals surface area (Å²) >= 11 is 0. The van der Waals surface area contributed by atoms with Crippen molar-refractivity contribution >= 4 is 12.1 Å². The van der Waals surface area contributed by atoms with Crippen molar-refractivity contribution in [3.8, 4) is 0 Å². The molecule has 0 aromatic carbocycles. The normalized spacial score (nSPS) is 10.1. The second-order valence-electron chi connectivity index (χ2n) is 2.06. The van der Waals surface area contributed by atoms with Crippen LogP contribution in [0.4, 0.5) is 0 Å². The fourth-order valence-corrected chi connectivity index (χ4v) is 0.561. The molecule has 10 heavy (non-hydrogen) atoms. The molecule has 0 aliphatic heterocycles. The van der Waals surface area contributed by atoms with E-state index in [2.05, 4.69) is 6.92 Å². The van der Waals surface area contributed by atoms with Crippen LogP contribution in [0.2, 0.25) is 0 Å². The van der Waals surface area contributed by atoms with Crippen molar-refractivity contribution in [2.75, 3.05) is 0 Å². The average molecular weight is 140 g/mol. The Morgan fingerprint density at radius 1 is 1.50 bits per heavy atom. The van der Waals surface area contributed by atoms with Crippen LogP contribution in [0.15, 0.2) is 12.2 Å². The van der Waals surface area contributed by atoms with Gasteiger partial charge in [-0.3, -0.25) is 9.59 Å². The third-order valence-electron chi connectivity index (χ3n) is 1.12. The third kappa shape index (κ3) is 5.22. The first kappa shape index (κ1) is 9.08. The number of ketones is 1. The third-order valence-corrected chi connectivity index (χ3v) is 1.12. The Morgan fingerprint density at radius 2 is 2.20 bits per heavy atom. The van der Waals surface area contributed by atoms with Crippen molar-refractivity contribution in [2.45, 2.75) is 26.2 Å². The Balaban J connectivity index is 3.36. The molecule has 0 N–H and O–H groups in total. The molecule has 2 heteroatoms. The molecule has 0 unspecified atom stereocenters. The van der Waals surface area contributed by atoms with E-state index in [0.717, 1.165) is 19.3 Å². The van der Waals surface area contributed by atoms with Gasteiger partial charge in [0.05, 0.1) is 0 Å². The quantitative estimate of drug-likeness (QED) is 0.251. The summed E-state index contributed by atoms with van der Waals surface area (Å²) in [5.41, 5.74) is 0. The lowest BCUT2D eigenvalue weighted by Crippen LogP contribution is -1.90. The zero-order valence-corrected chi connectivity index (χ0v) is 6.17. The van der Waals surface area contributed by atoms with E-state index in [1.807, 2.05) is 0 Å². The number of aldehydes is 1. The highest BCUT2D eigenvalue weighted by atomic mass is 16.2. The van der Waals surface area contributed by atoms with Gasteiger partial charge in [0.1, 0.15) is 0 Å². The van der Waals surface area contributed by atoms with Crippen LogP contribution in [0, 0.1) is 0 Å². The van der Waals surface area contributed by atoms with Gasteiger partial charge in [0.2, 0.25) is 5.78 Å². The summed E-state index contributed by atoms with van der Waals surface area (Å²) in [6, 6.07) is 0. The Morgan fingerprint density at radius 3 is 2.70 bits per heavy atom. The summed E-state index contributed by atoms with van der Waals surface area (Å²) in [6.07, 6.45) is 6.45. The molecule has 0 heterocycles. The van der Waals surface area contributed by atoms with Crippen LogP contribution < -0.4 is 0 Å². The fraction of sp³-hybridized carbons (Fsp3) is 0.500. The zero-order chi connectivity index (χ0) is 7.82. The number of allylic oxidation sites excluding steroid dienone is 2. The number of hydrogen-bond donors (Lipinski definition) is 0. The summed E-state index contributed by atoms with van der Waals surface area (Å²) < 4.78 is 0. The average Bonchev–Trinajstić information content (AvgIpc) is 1.98. The standard InChI is InChI=1S/C8H12O2/c1-2-3-4-5-6-8(10)7-9/h5-7H,2-4H2,1H3. The molecule has 0 saturated carbocycles. The summed E-state index contributed by atoms with van der Waals surface area (Å²) in [7, 11) is 0. The van der Waals surface area contributed by atoms with E-state index in [1.54, 1.807) is 6.08 Å². The molecule has 0 fully saturated rings. The largest absolute Gasteiger partial charge is 0.294 e. The van der Waals surface area contributed by atoms with Crippen LogP contribution in [-0.4, -0.2) is 12.1 Å². The van der Waals surface area contributed by atoms with E-state index in [1.165, 1.54) is 6.08 Å². The minimum Gasteiger partial charge on any atom is -0.294 e. The summed E-state index contributed by atoms with van der Waals surface area (Å²) in [5.74, 6) is -0.448. The van der Waals surface area contributed by atoms with E-state index >= 15 is 0 Å². The van der Waals surface area contributed by atoms with Crippen LogP contribution in [0.5, 0.6) is 0 Å². The summed E-state index contributed by atoms with van der Waals surface area (Å²) in [4.78, 5) is 20.1. The molecule has 0 radical (unpaired) electrons. The maximum Gasteiger partial charge on any atom is 0.217 e. The molecule has 56 valence electrons. The van der Waals surface area contributed by atoms with Crippen LogP contribution in [0.25, 0.3) is 0 Å². The van der Waals surface area contributed by atoms with Gasteiger partial charge in [-0.25, -0.2) is 0 Å². The van der Waals surface area contributed by atoms with Gasteiger partial charge >= 0.3 is 0 Å². The molecular weight excluding hydrogens is 128 g/mol. The van der Waals surface area contributed by atoms with Gasteiger partial charge in [0, 0.05) is 0 Å². The van der Waals surface area contributed by atoms with Gasteiger partial charge in [-0.05, 0) is 12.5 Å². The second kappa shape index (κ2) is 6.20. The molecule has 0 aromatic rings. The second-order valence-corrected chi connectivity index (χ2v) is 2.06. The molecule has 0 amide bonds. The summed E-state index contributed by atoms with van der Waals surface area (Å²) in [6.45, 7) is 2.08. The lowest BCUT2D eigenvalue weighted by atomic mass is 10.2. The maximum atomic E-state index is 10.3. The highest BCUT2D eigenvalue weighted by Crippen LogP contribution is 1.94. The first-order valence-corrected chi connectivity index (χ1v) is 3.47. The Labute approximate surface area is 60.9 Å².